The number of benzene rings is 1. The molecule has 3 heterocycles. The lowest BCUT2D eigenvalue weighted by Gasteiger charge is -2.36. The van der Waals surface area contributed by atoms with Crippen LogP contribution in [0.1, 0.15) is 37.7 Å². The Hall–Kier alpha value is -2.47. The van der Waals surface area contributed by atoms with Crippen LogP contribution in [-0.4, -0.2) is 47.0 Å². The smallest absolute Gasteiger partial charge is 0.253 e. The van der Waals surface area contributed by atoms with Crippen LogP contribution in [0.15, 0.2) is 18.2 Å². The maximum absolute atomic E-state index is 13.0. The highest BCUT2D eigenvalue weighted by atomic mass is 32.1. The van der Waals surface area contributed by atoms with Gasteiger partial charge in [-0.1, -0.05) is 17.2 Å². The molecule has 146 valence electrons. The molecule has 0 unspecified atom stereocenters. The van der Waals surface area contributed by atoms with Gasteiger partial charge in [-0.15, -0.1) is 11.3 Å². The summed E-state index contributed by atoms with van der Waals surface area (Å²) in [6.07, 6.45) is 0. The predicted octanol–water partition coefficient (Wildman–Crippen LogP) is 4.20. The number of fused-ring (bicyclic) bond motifs is 1. The number of carbonyl (C=O) groups excluding carboxylic acids is 1. The first-order valence-electron chi connectivity index (χ1n) is 9.70. The average molecular weight is 395 g/mol. The van der Waals surface area contributed by atoms with Crippen LogP contribution in [0.25, 0.3) is 10.2 Å². The molecule has 5 nitrogen and oxygen atoms in total. The Labute approximate surface area is 170 Å². The third-order valence-corrected chi connectivity index (χ3v) is 6.56. The second kappa shape index (κ2) is 7.17. The molecule has 2 aromatic heterocycles. The molecule has 1 saturated heterocycles. The molecule has 1 amide bonds. The molecular formula is C22H26N4OS. The number of thiophene rings is 1. The van der Waals surface area contributed by atoms with Crippen LogP contribution < -0.4 is 4.90 Å². The Balaban J connectivity index is 1.56. The zero-order chi connectivity index (χ0) is 20.0. The van der Waals surface area contributed by atoms with Crippen molar-refractivity contribution in [2.24, 2.45) is 0 Å². The summed E-state index contributed by atoms with van der Waals surface area (Å²) in [6.45, 7) is 13.3. The van der Waals surface area contributed by atoms with Crippen molar-refractivity contribution in [3.05, 3.63) is 51.2 Å². The lowest BCUT2D eigenvalue weighted by molar-refractivity contribution is 0.0746. The molecular weight excluding hydrogens is 368 g/mol. The van der Waals surface area contributed by atoms with Crippen LogP contribution in [0, 0.1) is 34.6 Å². The van der Waals surface area contributed by atoms with Gasteiger partial charge in [0, 0.05) is 36.6 Å². The minimum absolute atomic E-state index is 0.123. The number of amides is 1. The van der Waals surface area contributed by atoms with E-state index in [1.807, 2.05) is 37.8 Å². The number of anilines is 1. The maximum Gasteiger partial charge on any atom is 0.253 e. The molecule has 1 aromatic carbocycles. The number of rotatable bonds is 2. The molecule has 3 aromatic rings. The fraction of sp³-hybridized carbons (Fsp3) is 0.409. The second-order valence-electron chi connectivity index (χ2n) is 7.71. The molecule has 28 heavy (non-hydrogen) atoms. The van der Waals surface area contributed by atoms with E-state index < -0.39 is 0 Å². The Bertz CT molecular complexity index is 1040. The van der Waals surface area contributed by atoms with E-state index in [1.165, 1.54) is 15.8 Å². The van der Waals surface area contributed by atoms with Gasteiger partial charge in [0.1, 0.15) is 16.5 Å². The van der Waals surface area contributed by atoms with Crippen molar-refractivity contribution in [1.82, 2.24) is 14.9 Å². The van der Waals surface area contributed by atoms with E-state index in [1.54, 1.807) is 11.3 Å². The number of piperazine rings is 1. The van der Waals surface area contributed by atoms with Crippen LogP contribution in [0.4, 0.5) is 5.82 Å². The quantitative estimate of drug-likeness (QED) is 0.654. The van der Waals surface area contributed by atoms with Gasteiger partial charge in [0.2, 0.25) is 0 Å². The summed E-state index contributed by atoms with van der Waals surface area (Å²) >= 11 is 1.73. The number of aromatic nitrogens is 2. The Morgan fingerprint density at radius 3 is 2.21 bits per heavy atom. The maximum atomic E-state index is 13.0. The summed E-state index contributed by atoms with van der Waals surface area (Å²) in [7, 11) is 0. The van der Waals surface area contributed by atoms with Crippen molar-refractivity contribution in [2.45, 2.75) is 34.6 Å². The Morgan fingerprint density at radius 1 is 0.929 bits per heavy atom. The first kappa shape index (κ1) is 18.9. The molecule has 1 fully saturated rings. The van der Waals surface area contributed by atoms with Crippen molar-refractivity contribution < 1.29 is 4.79 Å². The SMILES string of the molecule is Cc1cc(C)cc(C(=O)N2CCN(c3nc(C)nc4sc(C)c(C)c34)CC2)c1. The highest BCUT2D eigenvalue weighted by molar-refractivity contribution is 7.18. The largest absolute Gasteiger partial charge is 0.352 e. The lowest BCUT2D eigenvalue weighted by atomic mass is 10.1. The van der Waals surface area contributed by atoms with Gasteiger partial charge in [0.05, 0.1) is 5.39 Å². The van der Waals surface area contributed by atoms with E-state index in [2.05, 4.69) is 29.8 Å². The van der Waals surface area contributed by atoms with E-state index >= 15 is 0 Å². The van der Waals surface area contributed by atoms with E-state index in [0.717, 1.165) is 46.3 Å². The standard InChI is InChI=1S/C22H26N4OS/c1-13-10-14(2)12-18(11-13)22(27)26-8-6-25(7-9-26)20-19-15(3)16(4)28-21(19)24-17(5)23-20/h10-12H,6-9H2,1-5H3. The minimum Gasteiger partial charge on any atom is -0.352 e. The minimum atomic E-state index is 0.123. The molecule has 0 spiro atoms. The van der Waals surface area contributed by atoms with Gasteiger partial charge in [-0.25, -0.2) is 9.97 Å². The topological polar surface area (TPSA) is 49.3 Å². The third kappa shape index (κ3) is 3.37. The summed E-state index contributed by atoms with van der Waals surface area (Å²) in [4.78, 5) is 29.0. The van der Waals surface area contributed by atoms with Crippen molar-refractivity contribution in [1.29, 1.82) is 0 Å². The monoisotopic (exact) mass is 394 g/mol. The second-order valence-corrected chi connectivity index (χ2v) is 8.92. The fourth-order valence-electron chi connectivity index (χ4n) is 3.96. The van der Waals surface area contributed by atoms with Crippen LogP contribution in [0.3, 0.4) is 0 Å². The van der Waals surface area contributed by atoms with E-state index in [4.69, 9.17) is 4.98 Å². The summed E-state index contributed by atoms with van der Waals surface area (Å²) in [5.41, 5.74) is 4.31. The molecule has 0 radical (unpaired) electrons. The number of nitrogens with zero attached hydrogens (tertiary/aromatic N) is 4. The first-order chi connectivity index (χ1) is 13.3. The Morgan fingerprint density at radius 2 is 1.57 bits per heavy atom. The van der Waals surface area contributed by atoms with Crippen molar-refractivity contribution in [3.8, 4) is 0 Å². The molecule has 0 saturated carbocycles. The van der Waals surface area contributed by atoms with Gasteiger partial charge in [-0.2, -0.15) is 0 Å². The summed E-state index contributed by atoms with van der Waals surface area (Å²) in [6, 6.07) is 6.07. The lowest BCUT2D eigenvalue weighted by Crippen LogP contribution is -2.49. The molecule has 0 aliphatic carbocycles. The highest BCUT2D eigenvalue weighted by Crippen LogP contribution is 2.35. The number of aryl methyl sites for hydroxylation is 5. The number of hydrogen-bond acceptors (Lipinski definition) is 5. The molecule has 4 rings (SSSR count). The van der Waals surface area contributed by atoms with Gasteiger partial charge < -0.3 is 9.80 Å². The van der Waals surface area contributed by atoms with Crippen molar-refractivity contribution >= 4 is 33.3 Å². The van der Waals surface area contributed by atoms with Gasteiger partial charge in [-0.05, 0) is 52.3 Å². The first-order valence-corrected chi connectivity index (χ1v) is 10.5. The molecule has 0 N–H and O–H groups in total. The molecule has 0 bridgehead atoms. The molecule has 1 aliphatic rings. The van der Waals surface area contributed by atoms with Crippen LogP contribution >= 0.6 is 11.3 Å². The molecule has 6 heteroatoms. The third-order valence-electron chi connectivity index (χ3n) is 5.46. The molecule has 1 aliphatic heterocycles. The normalized spacial score (nSPS) is 14.8. The Kier molecular flexibility index (Phi) is 4.83. The fourth-order valence-corrected chi connectivity index (χ4v) is 5.03. The van der Waals surface area contributed by atoms with Crippen LogP contribution in [0.2, 0.25) is 0 Å². The van der Waals surface area contributed by atoms with Gasteiger partial charge in [0.15, 0.2) is 0 Å². The summed E-state index contributed by atoms with van der Waals surface area (Å²) < 4.78 is 0. The van der Waals surface area contributed by atoms with Crippen LogP contribution in [0.5, 0.6) is 0 Å². The summed E-state index contributed by atoms with van der Waals surface area (Å²) in [5, 5.41) is 1.17. The van der Waals surface area contributed by atoms with E-state index in [0.29, 0.717) is 13.1 Å². The average Bonchev–Trinajstić information content (AvgIpc) is 2.93. The van der Waals surface area contributed by atoms with Crippen molar-refractivity contribution in [3.63, 3.8) is 0 Å². The van der Waals surface area contributed by atoms with Crippen LogP contribution in [-0.2, 0) is 0 Å². The summed E-state index contributed by atoms with van der Waals surface area (Å²) in [5.74, 6) is 1.94. The zero-order valence-corrected chi connectivity index (χ0v) is 18.0. The molecule has 0 atom stereocenters. The number of hydrogen-bond donors (Lipinski definition) is 0. The van der Waals surface area contributed by atoms with E-state index in [-0.39, 0.29) is 5.91 Å². The van der Waals surface area contributed by atoms with Crippen molar-refractivity contribution in [2.75, 3.05) is 31.1 Å². The van der Waals surface area contributed by atoms with Gasteiger partial charge >= 0.3 is 0 Å². The zero-order valence-electron chi connectivity index (χ0n) is 17.2. The predicted molar refractivity (Wildman–Crippen MR) is 116 cm³/mol. The number of carbonyl (C=O) groups is 1. The van der Waals surface area contributed by atoms with Gasteiger partial charge in [0.25, 0.3) is 5.91 Å². The van der Waals surface area contributed by atoms with E-state index in [9.17, 15) is 4.79 Å². The highest BCUT2D eigenvalue weighted by Gasteiger charge is 2.25. The van der Waals surface area contributed by atoms with Gasteiger partial charge in [-0.3, -0.25) is 4.79 Å².